The van der Waals surface area contributed by atoms with Gasteiger partial charge in [-0.25, -0.2) is 4.68 Å². The molecular formula is C14H14N4O2. The lowest BCUT2D eigenvalue weighted by atomic mass is 10.1. The van der Waals surface area contributed by atoms with Crippen molar-refractivity contribution in [2.75, 3.05) is 14.2 Å². The lowest BCUT2D eigenvalue weighted by Crippen LogP contribution is -2.01. The second-order valence-corrected chi connectivity index (χ2v) is 3.94. The molecule has 1 aromatic carbocycles. The van der Waals surface area contributed by atoms with Crippen LogP contribution in [-0.2, 0) is 6.54 Å². The number of ether oxygens (including phenoxy) is 2. The Morgan fingerprint density at radius 3 is 2.70 bits per heavy atom. The zero-order chi connectivity index (χ0) is 14.5. The zero-order valence-corrected chi connectivity index (χ0v) is 11.3. The topological polar surface area (TPSA) is 73.0 Å². The van der Waals surface area contributed by atoms with Gasteiger partial charge in [-0.3, -0.25) is 0 Å². The van der Waals surface area contributed by atoms with E-state index < -0.39 is 0 Å². The van der Waals surface area contributed by atoms with E-state index in [0.717, 1.165) is 5.56 Å². The molecule has 0 N–H and O–H groups in total. The molecule has 2 aromatic rings. The van der Waals surface area contributed by atoms with Crippen LogP contribution in [0.1, 0.15) is 5.69 Å². The van der Waals surface area contributed by atoms with Crippen molar-refractivity contribution in [3.63, 3.8) is 0 Å². The van der Waals surface area contributed by atoms with Crippen LogP contribution in [0.4, 0.5) is 0 Å². The number of benzene rings is 1. The summed E-state index contributed by atoms with van der Waals surface area (Å²) < 4.78 is 12.1. The Balaban J connectivity index is 2.58. The maximum absolute atomic E-state index is 9.14. The van der Waals surface area contributed by atoms with E-state index in [4.69, 9.17) is 14.7 Å². The van der Waals surface area contributed by atoms with Gasteiger partial charge >= 0.3 is 0 Å². The van der Waals surface area contributed by atoms with Gasteiger partial charge in [0.2, 0.25) is 0 Å². The number of hydrogen-bond acceptors (Lipinski definition) is 5. The third-order valence-corrected chi connectivity index (χ3v) is 2.80. The molecule has 0 unspecified atom stereocenters. The average molecular weight is 270 g/mol. The van der Waals surface area contributed by atoms with Gasteiger partial charge in [-0.1, -0.05) is 11.3 Å². The number of nitriles is 1. The van der Waals surface area contributed by atoms with Crippen molar-refractivity contribution >= 4 is 0 Å². The minimum atomic E-state index is 0.263. The SMILES string of the molecule is C=CCn1nnc(C#N)c1-c1ccc(OC)c(OC)c1. The normalized spacial score (nSPS) is 9.85. The maximum atomic E-state index is 9.14. The van der Waals surface area contributed by atoms with Crippen LogP contribution < -0.4 is 9.47 Å². The molecule has 20 heavy (non-hydrogen) atoms. The molecule has 0 aliphatic heterocycles. The smallest absolute Gasteiger partial charge is 0.190 e. The Morgan fingerprint density at radius 1 is 1.35 bits per heavy atom. The molecule has 0 radical (unpaired) electrons. The first-order valence-corrected chi connectivity index (χ1v) is 5.92. The highest BCUT2D eigenvalue weighted by atomic mass is 16.5. The number of allylic oxidation sites excluding steroid dienone is 1. The predicted molar refractivity (Wildman–Crippen MR) is 73.5 cm³/mol. The summed E-state index contributed by atoms with van der Waals surface area (Å²) >= 11 is 0. The molecule has 0 bridgehead atoms. The number of hydrogen-bond donors (Lipinski definition) is 0. The van der Waals surface area contributed by atoms with Gasteiger partial charge in [0.1, 0.15) is 11.8 Å². The molecule has 6 heteroatoms. The Kier molecular flexibility index (Phi) is 4.01. The standard InChI is InChI=1S/C14H14N4O2/c1-4-7-18-14(11(9-15)16-17-18)10-5-6-12(19-2)13(8-10)20-3/h4-6,8H,1,7H2,2-3H3. The number of nitrogens with zero attached hydrogens (tertiary/aromatic N) is 4. The molecule has 1 heterocycles. The molecule has 1 aromatic heterocycles. The van der Waals surface area contributed by atoms with Gasteiger partial charge in [-0.15, -0.1) is 11.7 Å². The van der Waals surface area contributed by atoms with Crippen molar-refractivity contribution in [2.24, 2.45) is 0 Å². The molecule has 0 spiro atoms. The highest BCUT2D eigenvalue weighted by molar-refractivity contribution is 5.68. The molecule has 0 saturated heterocycles. The van der Waals surface area contributed by atoms with Gasteiger partial charge in [0.25, 0.3) is 0 Å². The fourth-order valence-corrected chi connectivity index (χ4v) is 1.91. The van der Waals surface area contributed by atoms with Crippen LogP contribution in [0.2, 0.25) is 0 Å². The molecule has 2 rings (SSSR count). The average Bonchev–Trinajstić information content (AvgIpc) is 2.89. The molecule has 0 atom stereocenters. The molecule has 102 valence electrons. The minimum absolute atomic E-state index is 0.263. The number of methoxy groups -OCH3 is 2. The Bertz CT molecular complexity index is 670. The van der Waals surface area contributed by atoms with E-state index in [2.05, 4.69) is 16.9 Å². The van der Waals surface area contributed by atoms with Crippen LogP contribution in [0.25, 0.3) is 11.3 Å². The molecule has 0 saturated carbocycles. The van der Waals surface area contributed by atoms with E-state index in [0.29, 0.717) is 23.7 Å². The van der Waals surface area contributed by atoms with E-state index in [1.807, 2.05) is 12.1 Å². The van der Waals surface area contributed by atoms with Crippen LogP contribution in [0, 0.1) is 11.3 Å². The number of aromatic nitrogens is 3. The third-order valence-electron chi connectivity index (χ3n) is 2.80. The monoisotopic (exact) mass is 270 g/mol. The van der Waals surface area contributed by atoms with E-state index in [-0.39, 0.29) is 5.69 Å². The lowest BCUT2D eigenvalue weighted by Gasteiger charge is -2.10. The Morgan fingerprint density at radius 2 is 2.10 bits per heavy atom. The van der Waals surface area contributed by atoms with Crippen LogP contribution in [0.15, 0.2) is 30.9 Å². The van der Waals surface area contributed by atoms with E-state index in [1.165, 1.54) is 0 Å². The summed E-state index contributed by atoms with van der Waals surface area (Å²) in [5, 5.41) is 17.0. The first kappa shape index (κ1) is 13.6. The highest BCUT2D eigenvalue weighted by Crippen LogP contribution is 2.33. The van der Waals surface area contributed by atoms with Crippen molar-refractivity contribution in [3.05, 3.63) is 36.5 Å². The molecule has 0 aliphatic carbocycles. The van der Waals surface area contributed by atoms with Gasteiger partial charge in [-0.2, -0.15) is 5.26 Å². The fraction of sp³-hybridized carbons (Fsp3) is 0.214. The van der Waals surface area contributed by atoms with Crippen molar-refractivity contribution in [1.82, 2.24) is 15.0 Å². The van der Waals surface area contributed by atoms with Crippen LogP contribution in [0.5, 0.6) is 11.5 Å². The molecule has 6 nitrogen and oxygen atoms in total. The molecule has 0 fully saturated rings. The van der Waals surface area contributed by atoms with Crippen molar-refractivity contribution in [1.29, 1.82) is 5.26 Å². The zero-order valence-electron chi connectivity index (χ0n) is 11.3. The molecule has 0 aliphatic rings. The van der Waals surface area contributed by atoms with Gasteiger partial charge < -0.3 is 9.47 Å². The van der Waals surface area contributed by atoms with Crippen molar-refractivity contribution in [2.45, 2.75) is 6.54 Å². The van der Waals surface area contributed by atoms with E-state index in [1.54, 1.807) is 37.1 Å². The minimum Gasteiger partial charge on any atom is -0.493 e. The highest BCUT2D eigenvalue weighted by Gasteiger charge is 2.16. The first-order valence-electron chi connectivity index (χ1n) is 5.92. The second-order valence-electron chi connectivity index (χ2n) is 3.94. The van der Waals surface area contributed by atoms with Gasteiger partial charge in [0.05, 0.1) is 20.8 Å². The quantitative estimate of drug-likeness (QED) is 0.777. The Labute approximate surface area is 116 Å². The molecule has 0 amide bonds. The molecular weight excluding hydrogens is 256 g/mol. The summed E-state index contributed by atoms with van der Waals surface area (Å²) in [7, 11) is 3.13. The summed E-state index contributed by atoms with van der Waals surface area (Å²) in [5.74, 6) is 1.21. The summed E-state index contributed by atoms with van der Waals surface area (Å²) in [6.07, 6.45) is 1.69. The summed E-state index contributed by atoms with van der Waals surface area (Å²) in [6, 6.07) is 7.44. The second kappa shape index (κ2) is 5.89. The summed E-state index contributed by atoms with van der Waals surface area (Å²) in [6.45, 7) is 4.14. The van der Waals surface area contributed by atoms with Crippen LogP contribution in [0.3, 0.4) is 0 Å². The Hall–Kier alpha value is -2.81. The largest absolute Gasteiger partial charge is 0.493 e. The lowest BCUT2D eigenvalue weighted by molar-refractivity contribution is 0.355. The predicted octanol–water partition coefficient (Wildman–Crippen LogP) is 2.02. The summed E-state index contributed by atoms with van der Waals surface area (Å²) in [4.78, 5) is 0. The van der Waals surface area contributed by atoms with Crippen molar-refractivity contribution < 1.29 is 9.47 Å². The first-order chi connectivity index (χ1) is 9.74. The third kappa shape index (κ3) is 2.34. The van der Waals surface area contributed by atoms with E-state index in [9.17, 15) is 0 Å². The van der Waals surface area contributed by atoms with Gasteiger partial charge in [0.15, 0.2) is 17.2 Å². The number of rotatable bonds is 5. The van der Waals surface area contributed by atoms with Gasteiger partial charge in [-0.05, 0) is 18.2 Å². The van der Waals surface area contributed by atoms with E-state index >= 15 is 0 Å². The summed E-state index contributed by atoms with van der Waals surface area (Å²) in [5.41, 5.74) is 1.68. The van der Waals surface area contributed by atoms with Crippen LogP contribution >= 0.6 is 0 Å². The van der Waals surface area contributed by atoms with Crippen molar-refractivity contribution in [3.8, 4) is 28.8 Å². The maximum Gasteiger partial charge on any atom is 0.190 e. The van der Waals surface area contributed by atoms with Crippen LogP contribution in [-0.4, -0.2) is 29.2 Å². The fourth-order valence-electron chi connectivity index (χ4n) is 1.91. The van der Waals surface area contributed by atoms with Gasteiger partial charge in [0, 0.05) is 5.56 Å².